The summed E-state index contributed by atoms with van der Waals surface area (Å²) in [7, 11) is 1.52. The highest BCUT2D eigenvalue weighted by Gasteiger charge is 2.27. The van der Waals surface area contributed by atoms with Crippen molar-refractivity contribution < 1.29 is 27.4 Å². The number of fused-ring (bicyclic) bond motifs is 1. The van der Waals surface area contributed by atoms with Gasteiger partial charge in [-0.15, -0.1) is 0 Å². The zero-order valence-corrected chi connectivity index (χ0v) is 27.7. The molecule has 0 unspecified atom stereocenters. The Hall–Kier alpha value is -5.17. The fourth-order valence-electron chi connectivity index (χ4n) is 6.61. The van der Waals surface area contributed by atoms with Crippen LogP contribution in [0.25, 0.3) is 22.2 Å². The zero-order valence-electron chi connectivity index (χ0n) is 27.7. The molecule has 260 valence electrons. The molecule has 2 N–H and O–H groups in total. The normalized spacial score (nSPS) is 17.9. The second kappa shape index (κ2) is 14.8. The molecule has 0 bridgehead atoms. The van der Waals surface area contributed by atoms with Gasteiger partial charge in [-0.2, -0.15) is 9.49 Å². The van der Waals surface area contributed by atoms with Crippen LogP contribution in [0.1, 0.15) is 47.6 Å². The van der Waals surface area contributed by atoms with Gasteiger partial charge in [0.25, 0.3) is 5.91 Å². The van der Waals surface area contributed by atoms with E-state index in [0.29, 0.717) is 17.4 Å². The van der Waals surface area contributed by atoms with E-state index in [0.717, 1.165) is 79.8 Å². The van der Waals surface area contributed by atoms with Crippen molar-refractivity contribution in [2.75, 3.05) is 44.7 Å². The van der Waals surface area contributed by atoms with E-state index in [1.54, 1.807) is 24.3 Å². The van der Waals surface area contributed by atoms with Crippen LogP contribution in [0, 0.1) is 23.4 Å². The average Bonchev–Trinajstić information content (AvgIpc) is 3.60. The maximum atomic E-state index is 14.9. The lowest BCUT2D eigenvalue weighted by molar-refractivity contribution is 0.0935. The number of rotatable bonds is 10. The summed E-state index contributed by atoms with van der Waals surface area (Å²) in [6.07, 6.45) is 9.01. The van der Waals surface area contributed by atoms with Crippen molar-refractivity contribution in [3.05, 3.63) is 95.7 Å². The Balaban J connectivity index is 0.920. The number of amides is 1. The Kier molecular flexibility index (Phi) is 9.83. The summed E-state index contributed by atoms with van der Waals surface area (Å²) in [6, 6.07) is 13.7. The first-order chi connectivity index (χ1) is 24.4. The van der Waals surface area contributed by atoms with Gasteiger partial charge in [-0.3, -0.25) is 14.5 Å². The molecule has 1 amide bonds. The van der Waals surface area contributed by atoms with Crippen molar-refractivity contribution in [1.82, 2.24) is 30.4 Å². The van der Waals surface area contributed by atoms with Crippen LogP contribution in [-0.2, 0) is 6.61 Å². The fraction of sp³-hybridized carbons (Fsp3) is 0.351. The van der Waals surface area contributed by atoms with Gasteiger partial charge in [0.05, 0.1) is 42.3 Å². The molecule has 2 aliphatic rings. The summed E-state index contributed by atoms with van der Waals surface area (Å²) in [5.41, 5.74) is 2.53. The lowest BCUT2D eigenvalue weighted by atomic mass is 9.86. The molecule has 1 saturated heterocycles. The summed E-state index contributed by atoms with van der Waals surface area (Å²) in [5.74, 6) is -4.26. The Morgan fingerprint density at radius 1 is 0.960 bits per heavy atom. The number of carbonyl (C=O) groups excluding carboxylic acids is 1. The molecule has 1 saturated carbocycles. The number of anilines is 1. The van der Waals surface area contributed by atoms with E-state index in [-0.39, 0.29) is 25.1 Å². The third-order valence-corrected chi connectivity index (χ3v) is 9.55. The molecular weight excluding hydrogens is 647 g/mol. The lowest BCUT2D eigenvalue weighted by Crippen LogP contribution is -2.43. The standard InChI is InChI=1S/C37H38F3N7O3/c1-49-28-10-4-24(5-11-28)22-50-36-30(38)17-29(34(39)35(36)40)37(48)44-18-23-2-8-27(9-3-23)47-21-26-7-6-25(16-31(26)45-47)32-19-43-33(20-42-32)46-14-12-41-13-15-46/h4-7,10-11,16-17,19-21,23,27,41H,2-3,8-9,12-15,18,22H2,1H3,(H,44,48)/t23-,27-. The SMILES string of the molecule is COc1ccc(COc2c(F)cc(C(=O)NC[C@H]3CC[C@H](n4cc5ccc(-c6cnc(N7CCNCC7)cn6)cc5n4)CC3)c(F)c2F)cc1. The van der Waals surface area contributed by atoms with Gasteiger partial charge in [0, 0.05) is 49.9 Å². The molecule has 10 nitrogen and oxygen atoms in total. The second-order valence-electron chi connectivity index (χ2n) is 12.8. The van der Waals surface area contributed by atoms with Crippen molar-refractivity contribution in [1.29, 1.82) is 0 Å². The number of benzene rings is 3. The number of nitrogens with zero attached hydrogens (tertiary/aromatic N) is 5. The van der Waals surface area contributed by atoms with Crippen LogP contribution < -0.4 is 25.0 Å². The third kappa shape index (κ3) is 7.23. The molecule has 2 aromatic heterocycles. The van der Waals surface area contributed by atoms with E-state index in [2.05, 4.69) is 31.7 Å². The fourth-order valence-corrected chi connectivity index (χ4v) is 6.61. The smallest absolute Gasteiger partial charge is 0.254 e. The summed E-state index contributed by atoms with van der Waals surface area (Å²) < 4.78 is 56.8. The quantitative estimate of drug-likeness (QED) is 0.171. The predicted molar refractivity (Wildman–Crippen MR) is 183 cm³/mol. The van der Waals surface area contributed by atoms with Gasteiger partial charge in [0.2, 0.25) is 5.82 Å². The van der Waals surface area contributed by atoms with Gasteiger partial charge in [0.15, 0.2) is 17.4 Å². The predicted octanol–water partition coefficient (Wildman–Crippen LogP) is 6.07. The van der Waals surface area contributed by atoms with Crippen LogP contribution in [0.5, 0.6) is 11.5 Å². The summed E-state index contributed by atoms with van der Waals surface area (Å²) in [5, 5.41) is 11.9. The minimum atomic E-state index is -1.54. The monoisotopic (exact) mass is 685 g/mol. The number of hydrogen-bond donors (Lipinski definition) is 2. The molecule has 3 heterocycles. The van der Waals surface area contributed by atoms with E-state index >= 15 is 0 Å². The minimum Gasteiger partial charge on any atom is -0.497 e. The van der Waals surface area contributed by atoms with Crippen molar-refractivity contribution in [3.63, 3.8) is 0 Å². The van der Waals surface area contributed by atoms with Gasteiger partial charge in [-0.25, -0.2) is 13.8 Å². The molecule has 0 spiro atoms. The Morgan fingerprint density at radius 2 is 1.74 bits per heavy atom. The van der Waals surface area contributed by atoms with Crippen LogP contribution in [-0.4, -0.2) is 65.5 Å². The molecule has 1 aliphatic heterocycles. The number of hydrogen-bond acceptors (Lipinski definition) is 8. The van der Waals surface area contributed by atoms with Crippen LogP contribution in [0.3, 0.4) is 0 Å². The summed E-state index contributed by atoms with van der Waals surface area (Å²) >= 11 is 0. The third-order valence-electron chi connectivity index (χ3n) is 9.55. The molecule has 5 aromatic rings. The van der Waals surface area contributed by atoms with Gasteiger partial charge in [-0.1, -0.05) is 24.3 Å². The maximum absolute atomic E-state index is 14.9. The first-order valence-electron chi connectivity index (χ1n) is 16.8. The Bertz CT molecular complexity index is 1960. The summed E-state index contributed by atoms with van der Waals surface area (Å²) in [6.45, 7) is 3.77. The first kappa shape index (κ1) is 33.3. The Labute approximate surface area is 287 Å². The molecule has 50 heavy (non-hydrogen) atoms. The van der Waals surface area contributed by atoms with E-state index < -0.39 is 34.7 Å². The second-order valence-corrected chi connectivity index (χ2v) is 12.8. The number of piperazine rings is 1. The van der Waals surface area contributed by atoms with E-state index in [9.17, 15) is 18.0 Å². The molecular formula is C37H38F3N7O3. The molecule has 0 atom stereocenters. The lowest BCUT2D eigenvalue weighted by Gasteiger charge is -2.28. The van der Waals surface area contributed by atoms with Crippen molar-refractivity contribution in [3.8, 4) is 22.8 Å². The maximum Gasteiger partial charge on any atom is 0.254 e. The Morgan fingerprint density at radius 3 is 2.46 bits per heavy atom. The number of methoxy groups -OCH3 is 1. The van der Waals surface area contributed by atoms with Crippen LogP contribution >= 0.6 is 0 Å². The first-order valence-corrected chi connectivity index (χ1v) is 16.8. The number of ether oxygens (including phenoxy) is 2. The summed E-state index contributed by atoms with van der Waals surface area (Å²) in [4.78, 5) is 24.3. The van der Waals surface area contributed by atoms with Crippen LogP contribution in [0.4, 0.5) is 19.0 Å². The topological polar surface area (TPSA) is 106 Å². The van der Waals surface area contributed by atoms with Gasteiger partial charge in [-0.05, 0) is 61.4 Å². The molecule has 0 radical (unpaired) electrons. The number of carbonyl (C=O) groups is 1. The molecule has 13 heteroatoms. The van der Waals surface area contributed by atoms with Gasteiger partial charge in [0.1, 0.15) is 18.2 Å². The minimum absolute atomic E-state index is 0.138. The largest absolute Gasteiger partial charge is 0.497 e. The number of aromatic nitrogens is 4. The van der Waals surface area contributed by atoms with Crippen molar-refractivity contribution in [2.24, 2.45) is 5.92 Å². The molecule has 3 aromatic carbocycles. The number of nitrogens with one attached hydrogen (secondary N) is 2. The van der Waals surface area contributed by atoms with E-state index in [1.165, 1.54) is 7.11 Å². The van der Waals surface area contributed by atoms with Gasteiger partial charge >= 0.3 is 0 Å². The van der Waals surface area contributed by atoms with Crippen molar-refractivity contribution in [2.45, 2.75) is 38.3 Å². The van der Waals surface area contributed by atoms with Crippen LogP contribution in [0.15, 0.2) is 67.1 Å². The molecule has 7 rings (SSSR count). The number of halogens is 3. The van der Waals surface area contributed by atoms with Crippen molar-refractivity contribution >= 4 is 22.6 Å². The zero-order chi connectivity index (χ0) is 34.6. The molecule has 1 aliphatic carbocycles. The highest BCUT2D eigenvalue weighted by atomic mass is 19.2. The highest BCUT2D eigenvalue weighted by Crippen LogP contribution is 2.34. The van der Waals surface area contributed by atoms with E-state index in [1.807, 2.05) is 35.3 Å². The van der Waals surface area contributed by atoms with Gasteiger partial charge < -0.3 is 25.0 Å². The highest BCUT2D eigenvalue weighted by molar-refractivity contribution is 5.94. The average molecular weight is 686 g/mol. The van der Waals surface area contributed by atoms with Crippen LogP contribution in [0.2, 0.25) is 0 Å². The van der Waals surface area contributed by atoms with E-state index in [4.69, 9.17) is 14.6 Å². The molecule has 2 fully saturated rings.